The van der Waals surface area contributed by atoms with Crippen molar-refractivity contribution in [2.75, 3.05) is 6.54 Å². The number of para-hydroxylation sites is 1. The van der Waals surface area contributed by atoms with Gasteiger partial charge < -0.3 is 15.2 Å². The van der Waals surface area contributed by atoms with Crippen molar-refractivity contribution in [1.82, 2.24) is 15.3 Å². The van der Waals surface area contributed by atoms with Crippen molar-refractivity contribution < 1.29 is 9.84 Å². The standard InChI is InChI=1S/C18H23N3O2/c22-18-16(21-10-9-14-13-19-11-12-20-14)7-4-8-17(18)23-15-5-2-1-3-6-15/h1-3,5-6,11-13,16-18,21-22H,4,7-10H2/t16-,17+,18+/m0/s1. The third-order valence-electron chi connectivity index (χ3n) is 4.23. The largest absolute Gasteiger partial charge is 0.488 e. The Bertz CT molecular complexity index is 579. The lowest BCUT2D eigenvalue weighted by molar-refractivity contribution is -0.0151. The molecule has 5 nitrogen and oxygen atoms in total. The number of nitrogens with zero attached hydrogens (tertiary/aromatic N) is 2. The second-order valence-corrected chi connectivity index (χ2v) is 5.90. The van der Waals surface area contributed by atoms with Crippen molar-refractivity contribution in [1.29, 1.82) is 0 Å². The summed E-state index contributed by atoms with van der Waals surface area (Å²) in [7, 11) is 0. The molecule has 122 valence electrons. The van der Waals surface area contributed by atoms with Crippen molar-refractivity contribution in [3.8, 4) is 5.75 Å². The molecular formula is C18H23N3O2. The number of hydrogen-bond donors (Lipinski definition) is 2. The van der Waals surface area contributed by atoms with Crippen LogP contribution in [0.3, 0.4) is 0 Å². The molecule has 5 heteroatoms. The summed E-state index contributed by atoms with van der Waals surface area (Å²) in [6, 6.07) is 9.77. The van der Waals surface area contributed by atoms with Crippen LogP contribution in [0.25, 0.3) is 0 Å². The predicted octanol–water partition coefficient (Wildman–Crippen LogP) is 1.97. The first-order valence-corrected chi connectivity index (χ1v) is 8.21. The van der Waals surface area contributed by atoms with E-state index in [-0.39, 0.29) is 12.1 Å². The summed E-state index contributed by atoms with van der Waals surface area (Å²) in [6.07, 6.45) is 8.22. The summed E-state index contributed by atoms with van der Waals surface area (Å²) in [5, 5.41) is 14.0. The molecule has 1 fully saturated rings. The average molecular weight is 313 g/mol. The van der Waals surface area contributed by atoms with Gasteiger partial charge in [0, 0.05) is 37.6 Å². The summed E-state index contributed by atoms with van der Waals surface area (Å²) in [5.74, 6) is 0.816. The van der Waals surface area contributed by atoms with E-state index in [1.165, 1.54) is 0 Å². The molecule has 1 aromatic carbocycles. The van der Waals surface area contributed by atoms with Gasteiger partial charge in [-0.2, -0.15) is 0 Å². The molecule has 2 aromatic rings. The molecule has 0 spiro atoms. The molecule has 2 N–H and O–H groups in total. The Kier molecular flexibility index (Phi) is 5.56. The van der Waals surface area contributed by atoms with Crippen molar-refractivity contribution in [2.45, 2.75) is 43.9 Å². The first-order chi connectivity index (χ1) is 11.3. The third kappa shape index (κ3) is 4.50. The molecule has 0 bridgehead atoms. The minimum absolute atomic E-state index is 0.0640. The Morgan fingerprint density at radius 2 is 2.04 bits per heavy atom. The van der Waals surface area contributed by atoms with Crippen molar-refractivity contribution >= 4 is 0 Å². The lowest BCUT2D eigenvalue weighted by atomic mass is 9.89. The molecule has 0 radical (unpaired) electrons. The van der Waals surface area contributed by atoms with Gasteiger partial charge in [-0.3, -0.25) is 9.97 Å². The smallest absolute Gasteiger partial charge is 0.126 e. The minimum Gasteiger partial charge on any atom is -0.488 e. The lowest BCUT2D eigenvalue weighted by Gasteiger charge is -2.35. The number of aromatic nitrogens is 2. The number of rotatable bonds is 6. The van der Waals surface area contributed by atoms with Crippen LogP contribution in [0.4, 0.5) is 0 Å². The van der Waals surface area contributed by atoms with Gasteiger partial charge in [0.1, 0.15) is 18.0 Å². The Balaban J connectivity index is 1.50. The van der Waals surface area contributed by atoms with Crippen LogP contribution in [0.2, 0.25) is 0 Å². The number of ether oxygens (including phenoxy) is 1. The number of hydrogen-bond acceptors (Lipinski definition) is 5. The maximum Gasteiger partial charge on any atom is 0.126 e. The van der Waals surface area contributed by atoms with Crippen LogP contribution in [0, 0.1) is 0 Å². The van der Waals surface area contributed by atoms with E-state index in [4.69, 9.17) is 4.74 Å². The Morgan fingerprint density at radius 1 is 1.17 bits per heavy atom. The highest BCUT2D eigenvalue weighted by Gasteiger charge is 2.32. The molecule has 0 amide bonds. The lowest BCUT2D eigenvalue weighted by Crippen LogP contribution is -2.51. The number of aliphatic hydroxyl groups is 1. The van der Waals surface area contributed by atoms with E-state index in [9.17, 15) is 5.11 Å². The van der Waals surface area contributed by atoms with Crippen LogP contribution in [0.5, 0.6) is 5.75 Å². The zero-order valence-corrected chi connectivity index (χ0v) is 13.1. The fraction of sp³-hybridized carbons (Fsp3) is 0.444. The maximum absolute atomic E-state index is 10.6. The van der Waals surface area contributed by atoms with Crippen LogP contribution < -0.4 is 10.1 Å². The molecule has 0 aliphatic heterocycles. The zero-order chi connectivity index (χ0) is 15.9. The third-order valence-corrected chi connectivity index (χ3v) is 4.23. The van der Waals surface area contributed by atoms with Gasteiger partial charge in [-0.05, 0) is 31.4 Å². The molecule has 0 unspecified atom stereocenters. The molecule has 1 aliphatic carbocycles. The van der Waals surface area contributed by atoms with E-state index < -0.39 is 6.10 Å². The highest BCUT2D eigenvalue weighted by atomic mass is 16.5. The van der Waals surface area contributed by atoms with Crippen molar-refractivity contribution in [2.24, 2.45) is 0 Å². The summed E-state index contributed by atoms with van der Waals surface area (Å²) in [4.78, 5) is 8.33. The van der Waals surface area contributed by atoms with E-state index >= 15 is 0 Å². The molecule has 3 rings (SSSR count). The molecular weight excluding hydrogens is 290 g/mol. The summed E-state index contributed by atoms with van der Waals surface area (Å²) >= 11 is 0. The first kappa shape index (κ1) is 15.9. The minimum atomic E-state index is -0.495. The quantitative estimate of drug-likeness (QED) is 0.853. The normalized spacial score (nSPS) is 24.3. The highest BCUT2D eigenvalue weighted by molar-refractivity contribution is 5.21. The Labute approximate surface area is 136 Å². The second-order valence-electron chi connectivity index (χ2n) is 5.90. The molecule has 3 atom stereocenters. The van der Waals surface area contributed by atoms with E-state index in [2.05, 4.69) is 15.3 Å². The number of nitrogens with one attached hydrogen (secondary N) is 1. The van der Waals surface area contributed by atoms with Gasteiger partial charge in [-0.25, -0.2) is 0 Å². The average Bonchev–Trinajstić information content (AvgIpc) is 2.60. The van der Waals surface area contributed by atoms with Crippen LogP contribution in [-0.2, 0) is 6.42 Å². The van der Waals surface area contributed by atoms with Gasteiger partial charge in [0.05, 0.1) is 5.69 Å². The van der Waals surface area contributed by atoms with Crippen LogP contribution in [-0.4, -0.2) is 39.9 Å². The summed E-state index contributed by atoms with van der Waals surface area (Å²) in [6.45, 7) is 0.776. The van der Waals surface area contributed by atoms with E-state index in [1.54, 1.807) is 18.6 Å². The molecule has 1 heterocycles. The topological polar surface area (TPSA) is 67.3 Å². The summed E-state index contributed by atoms with van der Waals surface area (Å²) < 4.78 is 5.95. The summed E-state index contributed by atoms with van der Waals surface area (Å²) in [5.41, 5.74) is 0.961. The van der Waals surface area contributed by atoms with E-state index in [0.29, 0.717) is 0 Å². The zero-order valence-electron chi connectivity index (χ0n) is 13.1. The van der Waals surface area contributed by atoms with E-state index in [0.717, 1.165) is 43.7 Å². The fourth-order valence-corrected chi connectivity index (χ4v) is 3.01. The van der Waals surface area contributed by atoms with Crippen molar-refractivity contribution in [3.63, 3.8) is 0 Å². The molecule has 0 saturated heterocycles. The van der Waals surface area contributed by atoms with Gasteiger partial charge in [0.15, 0.2) is 0 Å². The SMILES string of the molecule is O[C@@H]1[C@@H](NCCc2cnccn2)CCC[C@H]1Oc1ccccc1. The van der Waals surface area contributed by atoms with Gasteiger partial charge in [-0.15, -0.1) is 0 Å². The predicted molar refractivity (Wildman–Crippen MR) is 88.2 cm³/mol. The fourth-order valence-electron chi connectivity index (χ4n) is 3.01. The molecule has 1 saturated carbocycles. The molecule has 23 heavy (non-hydrogen) atoms. The van der Waals surface area contributed by atoms with Crippen molar-refractivity contribution in [3.05, 3.63) is 54.6 Å². The number of aliphatic hydroxyl groups excluding tert-OH is 1. The molecule has 1 aromatic heterocycles. The van der Waals surface area contributed by atoms with E-state index in [1.807, 2.05) is 30.3 Å². The number of benzene rings is 1. The van der Waals surface area contributed by atoms with Crippen LogP contribution >= 0.6 is 0 Å². The van der Waals surface area contributed by atoms with Gasteiger partial charge in [0.2, 0.25) is 0 Å². The van der Waals surface area contributed by atoms with Gasteiger partial charge >= 0.3 is 0 Å². The van der Waals surface area contributed by atoms with Gasteiger partial charge in [-0.1, -0.05) is 18.2 Å². The highest BCUT2D eigenvalue weighted by Crippen LogP contribution is 2.24. The Morgan fingerprint density at radius 3 is 2.83 bits per heavy atom. The molecule has 1 aliphatic rings. The van der Waals surface area contributed by atoms with Crippen LogP contribution in [0.1, 0.15) is 25.0 Å². The van der Waals surface area contributed by atoms with Crippen LogP contribution in [0.15, 0.2) is 48.9 Å². The second kappa shape index (κ2) is 8.04. The maximum atomic E-state index is 10.6. The Hall–Kier alpha value is -1.98. The first-order valence-electron chi connectivity index (χ1n) is 8.21. The monoisotopic (exact) mass is 313 g/mol. The van der Waals surface area contributed by atoms with Gasteiger partial charge in [0.25, 0.3) is 0 Å².